The van der Waals surface area contributed by atoms with Crippen molar-refractivity contribution >= 4 is 35.1 Å². The van der Waals surface area contributed by atoms with E-state index in [9.17, 15) is 14.4 Å². The maximum Gasteiger partial charge on any atom is 0.308 e. The van der Waals surface area contributed by atoms with E-state index in [1.807, 2.05) is 6.92 Å². The van der Waals surface area contributed by atoms with Crippen LogP contribution in [0.15, 0.2) is 12.1 Å². The molecule has 1 aromatic carbocycles. The molecule has 0 aliphatic heterocycles. The van der Waals surface area contributed by atoms with Crippen molar-refractivity contribution in [1.29, 1.82) is 0 Å². The molecular weight excluding hydrogens is 432 g/mol. The standard InChI is InChI=1S/C24H31ClN2O5/c1-14-5-19(20(31-2)9-18(14)25)27-21(28)13-32-22(29)3-4-26-23(30)24-10-15-6-16(11-24)8-17(7-15)12-24/h5,9,15-17H,3-4,6-8,10-13H2,1-2H3,(H,26,30)(H,27,28). The first-order valence-electron chi connectivity index (χ1n) is 11.4. The predicted molar refractivity (Wildman–Crippen MR) is 121 cm³/mol. The van der Waals surface area contributed by atoms with E-state index in [-0.39, 0.29) is 24.3 Å². The molecule has 0 atom stereocenters. The van der Waals surface area contributed by atoms with Crippen LogP contribution in [0.3, 0.4) is 0 Å². The summed E-state index contributed by atoms with van der Waals surface area (Å²) in [5.74, 6) is 1.59. The Hall–Kier alpha value is -2.28. The zero-order valence-corrected chi connectivity index (χ0v) is 19.4. The van der Waals surface area contributed by atoms with Crippen molar-refractivity contribution in [3.63, 3.8) is 0 Å². The summed E-state index contributed by atoms with van der Waals surface area (Å²) in [6, 6.07) is 3.31. The van der Waals surface area contributed by atoms with Crippen LogP contribution in [0.5, 0.6) is 5.75 Å². The number of carbonyl (C=O) groups excluding carboxylic acids is 3. The summed E-state index contributed by atoms with van der Waals surface area (Å²) in [6.45, 7) is 1.63. The Bertz CT molecular complexity index is 881. The van der Waals surface area contributed by atoms with Gasteiger partial charge in [-0.15, -0.1) is 0 Å². The zero-order valence-electron chi connectivity index (χ0n) is 18.7. The Labute approximate surface area is 193 Å². The molecular formula is C24H31ClN2O5. The minimum absolute atomic E-state index is 0.0365. The summed E-state index contributed by atoms with van der Waals surface area (Å²) in [4.78, 5) is 37.1. The fourth-order valence-electron chi connectivity index (χ4n) is 6.19. The van der Waals surface area contributed by atoms with Gasteiger partial charge in [0.25, 0.3) is 5.91 Å². The van der Waals surface area contributed by atoms with E-state index in [1.165, 1.54) is 26.4 Å². The molecule has 0 unspecified atom stereocenters. The number of esters is 1. The molecule has 0 aromatic heterocycles. The van der Waals surface area contributed by atoms with Crippen LogP contribution in [0.4, 0.5) is 5.69 Å². The van der Waals surface area contributed by atoms with Gasteiger partial charge in [0.15, 0.2) is 6.61 Å². The summed E-state index contributed by atoms with van der Waals surface area (Å²) in [5.41, 5.74) is 1.02. The van der Waals surface area contributed by atoms with Gasteiger partial charge in [-0.1, -0.05) is 11.6 Å². The van der Waals surface area contributed by atoms with E-state index in [0.717, 1.165) is 24.8 Å². The van der Waals surface area contributed by atoms with Gasteiger partial charge in [-0.2, -0.15) is 0 Å². The Morgan fingerprint density at radius 1 is 1.09 bits per heavy atom. The maximum absolute atomic E-state index is 12.9. The van der Waals surface area contributed by atoms with Crippen molar-refractivity contribution in [2.24, 2.45) is 23.2 Å². The molecule has 7 nitrogen and oxygen atoms in total. The van der Waals surface area contributed by atoms with E-state index < -0.39 is 18.5 Å². The lowest BCUT2D eigenvalue weighted by Gasteiger charge is -2.55. The second-order valence-corrected chi connectivity index (χ2v) is 10.1. The van der Waals surface area contributed by atoms with Gasteiger partial charge in [0.1, 0.15) is 5.75 Å². The molecule has 0 saturated heterocycles. The summed E-state index contributed by atoms with van der Waals surface area (Å²) in [6.07, 6.45) is 6.84. The van der Waals surface area contributed by atoms with Crippen molar-refractivity contribution in [2.45, 2.75) is 51.9 Å². The molecule has 0 spiro atoms. The summed E-state index contributed by atoms with van der Waals surface area (Å²) in [7, 11) is 1.48. The van der Waals surface area contributed by atoms with Crippen LogP contribution in [0.2, 0.25) is 5.02 Å². The highest BCUT2D eigenvalue weighted by molar-refractivity contribution is 6.31. The first-order valence-corrected chi connectivity index (χ1v) is 11.7. The Morgan fingerprint density at radius 3 is 2.31 bits per heavy atom. The Morgan fingerprint density at radius 2 is 1.72 bits per heavy atom. The predicted octanol–water partition coefficient (Wildman–Crippen LogP) is 3.86. The number of rotatable bonds is 8. The number of methoxy groups -OCH3 is 1. The van der Waals surface area contributed by atoms with E-state index in [1.54, 1.807) is 12.1 Å². The second kappa shape index (κ2) is 9.30. The number of halogens is 1. The van der Waals surface area contributed by atoms with Crippen LogP contribution < -0.4 is 15.4 Å². The largest absolute Gasteiger partial charge is 0.495 e. The second-order valence-electron chi connectivity index (χ2n) is 9.71. The minimum atomic E-state index is -0.523. The number of hydrogen-bond donors (Lipinski definition) is 2. The number of carbonyl (C=O) groups is 3. The van der Waals surface area contributed by atoms with Crippen LogP contribution >= 0.6 is 11.6 Å². The Balaban J connectivity index is 1.19. The van der Waals surface area contributed by atoms with E-state index in [2.05, 4.69) is 10.6 Å². The average Bonchev–Trinajstić information content (AvgIpc) is 2.73. The number of hydrogen-bond acceptors (Lipinski definition) is 5. The minimum Gasteiger partial charge on any atom is -0.495 e. The van der Waals surface area contributed by atoms with Crippen molar-refractivity contribution in [1.82, 2.24) is 5.32 Å². The number of aryl methyl sites for hydroxylation is 1. The number of ether oxygens (including phenoxy) is 2. The monoisotopic (exact) mass is 462 g/mol. The SMILES string of the molecule is COc1cc(Cl)c(C)cc1NC(=O)COC(=O)CCNC(=O)C12CC3CC(CC(C3)C1)C2. The Kier molecular flexibility index (Phi) is 6.65. The summed E-state index contributed by atoms with van der Waals surface area (Å²) >= 11 is 6.07. The quantitative estimate of drug-likeness (QED) is 0.572. The summed E-state index contributed by atoms with van der Waals surface area (Å²) < 4.78 is 10.3. The normalized spacial score (nSPS) is 27.7. The molecule has 0 heterocycles. The molecule has 2 amide bonds. The highest BCUT2D eigenvalue weighted by atomic mass is 35.5. The fraction of sp³-hybridized carbons (Fsp3) is 0.625. The van der Waals surface area contributed by atoms with Crippen LogP contribution in [0.1, 0.15) is 50.5 Å². The third-order valence-electron chi connectivity index (χ3n) is 7.25. The van der Waals surface area contributed by atoms with Crippen LogP contribution in [-0.2, 0) is 19.1 Å². The van der Waals surface area contributed by atoms with Crippen LogP contribution in [0.25, 0.3) is 0 Å². The van der Waals surface area contributed by atoms with Crippen LogP contribution in [-0.4, -0.2) is 38.0 Å². The van der Waals surface area contributed by atoms with Gasteiger partial charge in [-0.25, -0.2) is 0 Å². The molecule has 4 fully saturated rings. The number of anilines is 1. The van der Waals surface area contributed by atoms with Gasteiger partial charge in [0, 0.05) is 23.0 Å². The number of amides is 2. The lowest BCUT2D eigenvalue weighted by Crippen LogP contribution is -2.53. The van der Waals surface area contributed by atoms with E-state index >= 15 is 0 Å². The van der Waals surface area contributed by atoms with E-state index in [4.69, 9.17) is 21.1 Å². The molecule has 4 saturated carbocycles. The van der Waals surface area contributed by atoms with Gasteiger partial charge in [0.05, 0.1) is 19.2 Å². The number of nitrogens with one attached hydrogen (secondary N) is 2. The van der Waals surface area contributed by atoms with Gasteiger partial charge in [-0.05, 0) is 74.8 Å². The summed E-state index contributed by atoms with van der Waals surface area (Å²) in [5, 5.41) is 6.15. The molecule has 4 bridgehead atoms. The van der Waals surface area contributed by atoms with Gasteiger partial charge in [-0.3, -0.25) is 14.4 Å². The highest BCUT2D eigenvalue weighted by Crippen LogP contribution is 2.60. The molecule has 32 heavy (non-hydrogen) atoms. The first-order chi connectivity index (χ1) is 15.3. The smallest absolute Gasteiger partial charge is 0.308 e. The number of benzene rings is 1. The highest BCUT2D eigenvalue weighted by Gasteiger charge is 2.54. The molecule has 8 heteroatoms. The molecule has 174 valence electrons. The fourth-order valence-corrected chi connectivity index (χ4v) is 6.34. The first kappa shape index (κ1) is 22.9. The zero-order chi connectivity index (χ0) is 22.9. The van der Waals surface area contributed by atoms with Gasteiger partial charge < -0.3 is 20.1 Å². The topological polar surface area (TPSA) is 93.7 Å². The lowest BCUT2D eigenvalue weighted by molar-refractivity contribution is -0.148. The van der Waals surface area contributed by atoms with Crippen molar-refractivity contribution in [3.05, 3.63) is 22.7 Å². The molecule has 0 radical (unpaired) electrons. The molecule has 4 aliphatic rings. The van der Waals surface area contributed by atoms with Gasteiger partial charge in [0.2, 0.25) is 5.91 Å². The van der Waals surface area contributed by atoms with Gasteiger partial charge >= 0.3 is 5.97 Å². The molecule has 2 N–H and O–H groups in total. The third-order valence-corrected chi connectivity index (χ3v) is 7.66. The molecule has 1 aromatic rings. The average molecular weight is 463 g/mol. The maximum atomic E-state index is 12.9. The third kappa shape index (κ3) is 4.87. The lowest BCUT2D eigenvalue weighted by atomic mass is 9.49. The van der Waals surface area contributed by atoms with E-state index in [0.29, 0.717) is 34.2 Å². The molecule has 4 aliphatic carbocycles. The van der Waals surface area contributed by atoms with Crippen molar-refractivity contribution in [2.75, 3.05) is 25.6 Å². The van der Waals surface area contributed by atoms with Crippen molar-refractivity contribution < 1.29 is 23.9 Å². The molecule has 5 rings (SSSR count). The van der Waals surface area contributed by atoms with Crippen LogP contribution in [0, 0.1) is 30.1 Å². The van der Waals surface area contributed by atoms with Crippen molar-refractivity contribution in [3.8, 4) is 5.75 Å².